The molecule has 3 rings (SSSR count). The fourth-order valence-corrected chi connectivity index (χ4v) is 3.07. The topological polar surface area (TPSA) is 67.9 Å². The van der Waals surface area contributed by atoms with Crippen LogP contribution in [-0.2, 0) is 16.1 Å². The van der Waals surface area contributed by atoms with Crippen molar-refractivity contribution < 1.29 is 19.1 Å². The molecular formula is C17H22N2O4. The largest absolute Gasteiger partial charge is 0.454 e. The van der Waals surface area contributed by atoms with E-state index in [0.29, 0.717) is 25.1 Å². The SMILES string of the molecule is CC[C@@H](C)N1C(=O)CC[C@H]1C(=O)NCc1ccc2c(c1)OCO2. The van der Waals surface area contributed by atoms with E-state index in [-0.39, 0.29) is 30.7 Å². The molecule has 6 nitrogen and oxygen atoms in total. The zero-order valence-corrected chi connectivity index (χ0v) is 13.5. The number of hydrogen-bond acceptors (Lipinski definition) is 4. The van der Waals surface area contributed by atoms with E-state index in [4.69, 9.17) is 9.47 Å². The number of carbonyl (C=O) groups is 2. The van der Waals surface area contributed by atoms with E-state index >= 15 is 0 Å². The zero-order chi connectivity index (χ0) is 16.4. The van der Waals surface area contributed by atoms with E-state index in [9.17, 15) is 9.59 Å². The second kappa shape index (κ2) is 6.48. The maximum absolute atomic E-state index is 12.5. The lowest BCUT2D eigenvalue weighted by Crippen LogP contribution is -2.48. The molecule has 0 saturated carbocycles. The molecule has 2 heterocycles. The minimum absolute atomic E-state index is 0.0718. The molecule has 1 aromatic carbocycles. The van der Waals surface area contributed by atoms with E-state index in [0.717, 1.165) is 17.7 Å². The predicted molar refractivity (Wildman–Crippen MR) is 84.0 cm³/mol. The van der Waals surface area contributed by atoms with Gasteiger partial charge in [0.1, 0.15) is 6.04 Å². The number of likely N-dealkylation sites (tertiary alicyclic amines) is 1. The van der Waals surface area contributed by atoms with Gasteiger partial charge in [0.2, 0.25) is 18.6 Å². The van der Waals surface area contributed by atoms with Crippen molar-refractivity contribution in [2.24, 2.45) is 0 Å². The van der Waals surface area contributed by atoms with Crippen LogP contribution in [0, 0.1) is 0 Å². The number of amides is 2. The van der Waals surface area contributed by atoms with E-state index in [2.05, 4.69) is 5.32 Å². The number of fused-ring (bicyclic) bond motifs is 1. The van der Waals surface area contributed by atoms with Gasteiger partial charge in [0.05, 0.1) is 0 Å². The third kappa shape index (κ3) is 3.11. The van der Waals surface area contributed by atoms with E-state index < -0.39 is 0 Å². The van der Waals surface area contributed by atoms with Gasteiger partial charge < -0.3 is 19.7 Å². The number of benzene rings is 1. The molecule has 2 aliphatic rings. The molecule has 23 heavy (non-hydrogen) atoms. The van der Waals surface area contributed by atoms with E-state index in [1.165, 1.54) is 0 Å². The number of nitrogens with one attached hydrogen (secondary N) is 1. The van der Waals surface area contributed by atoms with Gasteiger partial charge >= 0.3 is 0 Å². The number of rotatable bonds is 5. The average molecular weight is 318 g/mol. The maximum Gasteiger partial charge on any atom is 0.243 e. The molecule has 6 heteroatoms. The van der Waals surface area contributed by atoms with Crippen LogP contribution in [0.2, 0.25) is 0 Å². The van der Waals surface area contributed by atoms with Crippen molar-refractivity contribution in [3.63, 3.8) is 0 Å². The summed E-state index contributed by atoms with van der Waals surface area (Å²) in [5.41, 5.74) is 0.946. The lowest BCUT2D eigenvalue weighted by Gasteiger charge is -2.29. The summed E-state index contributed by atoms with van der Waals surface area (Å²) in [6, 6.07) is 5.35. The molecule has 2 amide bonds. The molecule has 0 radical (unpaired) electrons. The Balaban J connectivity index is 1.61. The molecule has 2 atom stereocenters. The Bertz CT molecular complexity index is 617. The van der Waals surface area contributed by atoms with Crippen LogP contribution >= 0.6 is 0 Å². The normalized spacial score (nSPS) is 20.7. The maximum atomic E-state index is 12.5. The predicted octanol–water partition coefficient (Wildman–Crippen LogP) is 1.82. The van der Waals surface area contributed by atoms with Gasteiger partial charge in [-0.15, -0.1) is 0 Å². The van der Waals surface area contributed by atoms with Crippen LogP contribution < -0.4 is 14.8 Å². The van der Waals surface area contributed by atoms with Crippen LogP contribution in [0.4, 0.5) is 0 Å². The Hall–Kier alpha value is -2.24. The van der Waals surface area contributed by atoms with Gasteiger partial charge in [0.25, 0.3) is 0 Å². The van der Waals surface area contributed by atoms with Gasteiger partial charge in [-0.2, -0.15) is 0 Å². The molecule has 1 saturated heterocycles. The lowest BCUT2D eigenvalue weighted by molar-refractivity contribution is -0.137. The van der Waals surface area contributed by atoms with Crippen LogP contribution in [0.25, 0.3) is 0 Å². The molecule has 0 aliphatic carbocycles. The van der Waals surface area contributed by atoms with Crippen molar-refractivity contribution in [2.45, 2.75) is 51.7 Å². The van der Waals surface area contributed by atoms with Gasteiger partial charge in [0.15, 0.2) is 11.5 Å². The highest BCUT2D eigenvalue weighted by Crippen LogP contribution is 2.32. The summed E-state index contributed by atoms with van der Waals surface area (Å²) in [7, 11) is 0. The van der Waals surface area contributed by atoms with Gasteiger partial charge in [-0.25, -0.2) is 0 Å². The van der Waals surface area contributed by atoms with Crippen LogP contribution in [0.15, 0.2) is 18.2 Å². The number of ether oxygens (including phenoxy) is 2. The quantitative estimate of drug-likeness (QED) is 0.899. The lowest BCUT2D eigenvalue weighted by atomic mass is 10.1. The molecule has 0 spiro atoms. The van der Waals surface area contributed by atoms with Crippen LogP contribution in [0.5, 0.6) is 11.5 Å². The number of nitrogens with zero attached hydrogens (tertiary/aromatic N) is 1. The van der Waals surface area contributed by atoms with E-state index in [1.54, 1.807) is 4.90 Å². The fraction of sp³-hybridized carbons (Fsp3) is 0.529. The summed E-state index contributed by atoms with van der Waals surface area (Å²) in [5, 5.41) is 2.93. The molecule has 0 unspecified atom stereocenters. The smallest absolute Gasteiger partial charge is 0.243 e. The summed E-state index contributed by atoms with van der Waals surface area (Å²) in [6.07, 6.45) is 1.89. The Morgan fingerprint density at radius 1 is 1.39 bits per heavy atom. The summed E-state index contributed by atoms with van der Waals surface area (Å²) < 4.78 is 10.6. The number of hydrogen-bond donors (Lipinski definition) is 1. The second-order valence-electron chi connectivity index (χ2n) is 6.02. The first kappa shape index (κ1) is 15.6. The number of carbonyl (C=O) groups excluding carboxylic acids is 2. The third-order valence-corrected chi connectivity index (χ3v) is 4.53. The first-order chi connectivity index (χ1) is 11.1. The third-order valence-electron chi connectivity index (χ3n) is 4.53. The van der Waals surface area contributed by atoms with Crippen LogP contribution in [0.3, 0.4) is 0 Å². The standard InChI is InChI=1S/C17H22N2O4/c1-3-11(2)19-13(5-7-16(19)20)17(21)18-9-12-4-6-14-15(8-12)23-10-22-14/h4,6,8,11,13H,3,5,7,9-10H2,1-2H3,(H,18,21)/t11-,13+/m1/s1. The van der Waals surface area contributed by atoms with Crippen molar-refractivity contribution in [2.75, 3.05) is 6.79 Å². The first-order valence-electron chi connectivity index (χ1n) is 8.07. The molecule has 2 aliphatic heterocycles. The second-order valence-corrected chi connectivity index (χ2v) is 6.02. The summed E-state index contributed by atoms with van der Waals surface area (Å²) in [4.78, 5) is 26.2. The molecule has 1 fully saturated rings. The monoisotopic (exact) mass is 318 g/mol. The first-order valence-corrected chi connectivity index (χ1v) is 8.07. The van der Waals surface area contributed by atoms with Crippen molar-refractivity contribution in [3.05, 3.63) is 23.8 Å². The summed E-state index contributed by atoms with van der Waals surface area (Å²) in [5.74, 6) is 1.41. The van der Waals surface area contributed by atoms with Crippen LogP contribution in [-0.4, -0.2) is 35.6 Å². The molecular weight excluding hydrogens is 296 g/mol. The van der Waals surface area contributed by atoms with Crippen LogP contribution in [0.1, 0.15) is 38.7 Å². The molecule has 124 valence electrons. The molecule has 0 bridgehead atoms. The van der Waals surface area contributed by atoms with Gasteiger partial charge in [-0.05, 0) is 37.5 Å². The van der Waals surface area contributed by atoms with Crippen molar-refractivity contribution in [1.82, 2.24) is 10.2 Å². The highest BCUT2D eigenvalue weighted by atomic mass is 16.7. The molecule has 1 aromatic rings. The molecule has 1 N–H and O–H groups in total. The average Bonchev–Trinajstić information content (AvgIpc) is 3.17. The Kier molecular flexibility index (Phi) is 4.41. The highest BCUT2D eigenvalue weighted by Gasteiger charge is 2.38. The fourth-order valence-electron chi connectivity index (χ4n) is 3.07. The highest BCUT2D eigenvalue weighted by molar-refractivity contribution is 5.91. The van der Waals surface area contributed by atoms with Crippen molar-refractivity contribution >= 4 is 11.8 Å². The summed E-state index contributed by atoms with van der Waals surface area (Å²) in [6.45, 7) is 4.66. The minimum atomic E-state index is -0.355. The molecule has 0 aromatic heterocycles. The van der Waals surface area contributed by atoms with Gasteiger partial charge in [0, 0.05) is 19.0 Å². The Morgan fingerprint density at radius 2 is 2.17 bits per heavy atom. The van der Waals surface area contributed by atoms with Crippen molar-refractivity contribution in [1.29, 1.82) is 0 Å². The Morgan fingerprint density at radius 3 is 2.96 bits per heavy atom. The summed E-state index contributed by atoms with van der Waals surface area (Å²) >= 11 is 0. The van der Waals surface area contributed by atoms with Gasteiger partial charge in [-0.1, -0.05) is 13.0 Å². The minimum Gasteiger partial charge on any atom is -0.454 e. The van der Waals surface area contributed by atoms with Gasteiger partial charge in [-0.3, -0.25) is 9.59 Å². The Labute approximate surface area is 135 Å². The van der Waals surface area contributed by atoms with E-state index in [1.807, 2.05) is 32.0 Å². The zero-order valence-electron chi connectivity index (χ0n) is 13.5. The van der Waals surface area contributed by atoms with Crippen molar-refractivity contribution in [3.8, 4) is 11.5 Å².